The monoisotopic (exact) mass is 275 g/mol. The summed E-state index contributed by atoms with van der Waals surface area (Å²) in [4.78, 5) is 11.3. The van der Waals surface area contributed by atoms with E-state index in [0.29, 0.717) is 0 Å². The maximum atomic E-state index is 11.3. The van der Waals surface area contributed by atoms with Crippen LogP contribution >= 0.6 is 11.8 Å². The van der Waals surface area contributed by atoms with E-state index >= 15 is 0 Å². The molecule has 19 heavy (non-hydrogen) atoms. The van der Waals surface area contributed by atoms with Gasteiger partial charge in [0.2, 0.25) is 0 Å². The molecule has 2 N–H and O–H groups in total. The van der Waals surface area contributed by atoms with Crippen molar-refractivity contribution in [1.29, 1.82) is 0 Å². The third kappa shape index (κ3) is 2.61. The Hall–Kier alpha value is -1.49. The number of nitrogens with one attached hydrogen (secondary N) is 2. The number of amides is 1. The van der Waals surface area contributed by atoms with Crippen LogP contribution in [0.5, 0.6) is 0 Å². The highest BCUT2D eigenvalue weighted by atomic mass is 32.2. The zero-order valence-electron chi connectivity index (χ0n) is 10.9. The van der Waals surface area contributed by atoms with Crippen LogP contribution in [0.25, 0.3) is 0 Å². The summed E-state index contributed by atoms with van der Waals surface area (Å²) in [5, 5.41) is 7.69. The van der Waals surface area contributed by atoms with Crippen molar-refractivity contribution in [2.75, 3.05) is 11.9 Å². The van der Waals surface area contributed by atoms with Crippen LogP contribution in [0.2, 0.25) is 0 Å². The smallest absolute Gasteiger partial charge is 0.299 e. The fraction of sp³-hybridized carbons (Fsp3) is 0.429. The molecule has 2 aliphatic heterocycles. The van der Waals surface area contributed by atoms with E-state index in [1.807, 2.05) is 6.92 Å². The highest BCUT2D eigenvalue weighted by Crippen LogP contribution is 2.26. The van der Waals surface area contributed by atoms with Crippen LogP contribution in [0.3, 0.4) is 0 Å². The van der Waals surface area contributed by atoms with Gasteiger partial charge in [-0.25, -0.2) is 5.43 Å². The minimum Gasteiger partial charge on any atom is -0.385 e. The van der Waals surface area contributed by atoms with E-state index in [4.69, 9.17) is 0 Å². The number of carbonyl (C=O) groups excluding carboxylic acids is 1. The third-order valence-electron chi connectivity index (χ3n) is 3.53. The van der Waals surface area contributed by atoms with E-state index in [9.17, 15) is 4.79 Å². The lowest BCUT2D eigenvalue weighted by atomic mass is 10.0. The predicted molar refractivity (Wildman–Crippen MR) is 80.0 cm³/mol. The van der Waals surface area contributed by atoms with Gasteiger partial charge in [-0.3, -0.25) is 4.79 Å². The molecule has 1 aromatic carbocycles. The van der Waals surface area contributed by atoms with Crippen LogP contribution in [-0.2, 0) is 6.42 Å². The van der Waals surface area contributed by atoms with Crippen molar-refractivity contribution in [3.05, 3.63) is 29.3 Å². The summed E-state index contributed by atoms with van der Waals surface area (Å²) in [6, 6.07) is 6.43. The van der Waals surface area contributed by atoms with Gasteiger partial charge in [0, 0.05) is 12.2 Å². The molecule has 5 heteroatoms. The molecule has 100 valence electrons. The van der Waals surface area contributed by atoms with Crippen molar-refractivity contribution in [1.82, 2.24) is 5.43 Å². The second kappa shape index (κ2) is 5.25. The fourth-order valence-electron chi connectivity index (χ4n) is 2.53. The molecule has 2 aliphatic rings. The average molecular weight is 275 g/mol. The number of aryl methyl sites for hydroxylation is 1. The molecule has 0 spiro atoms. The first-order valence-electron chi connectivity index (χ1n) is 6.65. The molecule has 0 saturated carbocycles. The number of fused-ring (bicyclic) bond motifs is 1. The molecular weight excluding hydrogens is 258 g/mol. The van der Waals surface area contributed by atoms with Crippen LogP contribution < -0.4 is 10.7 Å². The van der Waals surface area contributed by atoms with Crippen LogP contribution in [0.1, 0.15) is 30.9 Å². The van der Waals surface area contributed by atoms with E-state index in [1.165, 1.54) is 35.9 Å². The van der Waals surface area contributed by atoms with Crippen molar-refractivity contribution in [3.63, 3.8) is 0 Å². The lowest BCUT2D eigenvalue weighted by Crippen LogP contribution is -2.29. The van der Waals surface area contributed by atoms with E-state index < -0.39 is 0 Å². The lowest BCUT2D eigenvalue weighted by molar-refractivity contribution is 0.261. The number of rotatable bonds is 1. The SMILES string of the molecule is CC1SC(=O)NN=C1c1ccc2c(c1)CCCCN2. The first kappa shape index (κ1) is 12.5. The largest absolute Gasteiger partial charge is 0.385 e. The second-order valence-electron chi connectivity index (χ2n) is 4.91. The highest BCUT2D eigenvalue weighted by molar-refractivity contribution is 8.14. The Morgan fingerprint density at radius 3 is 3.11 bits per heavy atom. The third-order valence-corrected chi connectivity index (χ3v) is 4.41. The quantitative estimate of drug-likeness (QED) is 0.828. The molecule has 2 heterocycles. The Kier molecular flexibility index (Phi) is 3.46. The topological polar surface area (TPSA) is 53.5 Å². The van der Waals surface area contributed by atoms with E-state index in [-0.39, 0.29) is 10.5 Å². The molecule has 3 rings (SSSR count). The summed E-state index contributed by atoms with van der Waals surface area (Å²) in [5.74, 6) is 0. The molecule has 1 amide bonds. The molecule has 0 aliphatic carbocycles. The summed E-state index contributed by atoms with van der Waals surface area (Å²) >= 11 is 1.29. The zero-order chi connectivity index (χ0) is 13.2. The minimum absolute atomic E-state index is 0.0762. The Balaban J connectivity index is 1.93. The maximum Gasteiger partial charge on any atom is 0.299 e. The standard InChI is InChI=1S/C14H17N3OS/c1-9-13(16-17-14(18)19-9)11-5-6-12-10(8-11)4-2-3-7-15-12/h5-6,8-9,15H,2-4,7H2,1H3,(H,17,18). The van der Waals surface area contributed by atoms with Gasteiger partial charge in [-0.2, -0.15) is 5.10 Å². The first-order chi connectivity index (χ1) is 9.24. The van der Waals surface area contributed by atoms with Crippen molar-refractivity contribution in [2.24, 2.45) is 5.10 Å². The van der Waals surface area contributed by atoms with Gasteiger partial charge >= 0.3 is 0 Å². The van der Waals surface area contributed by atoms with Crippen molar-refractivity contribution in [2.45, 2.75) is 31.4 Å². The van der Waals surface area contributed by atoms with E-state index in [1.54, 1.807) is 0 Å². The van der Waals surface area contributed by atoms with Crippen molar-refractivity contribution < 1.29 is 4.79 Å². The second-order valence-corrected chi connectivity index (χ2v) is 6.23. The number of thioether (sulfide) groups is 1. The van der Waals surface area contributed by atoms with Gasteiger partial charge in [-0.05, 0) is 49.4 Å². The molecule has 1 atom stereocenters. The number of nitrogens with zero attached hydrogens (tertiary/aromatic N) is 1. The van der Waals surface area contributed by atoms with Crippen LogP contribution in [0, 0.1) is 0 Å². The first-order valence-corrected chi connectivity index (χ1v) is 7.53. The van der Waals surface area contributed by atoms with Gasteiger partial charge in [0.1, 0.15) is 0 Å². The van der Waals surface area contributed by atoms with E-state index in [2.05, 4.69) is 34.0 Å². The van der Waals surface area contributed by atoms with E-state index in [0.717, 1.165) is 24.2 Å². The molecule has 1 aromatic rings. The number of hydrogen-bond acceptors (Lipinski definition) is 4. The highest BCUT2D eigenvalue weighted by Gasteiger charge is 2.23. The average Bonchev–Trinajstić information content (AvgIpc) is 2.63. The van der Waals surface area contributed by atoms with Crippen molar-refractivity contribution >= 4 is 28.4 Å². The summed E-state index contributed by atoms with van der Waals surface area (Å²) < 4.78 is 0. The lowest BCUT2D eigenvalue weighted by Gasteiger charge is -2.19. The Bertz CT molecular complexity index is 541. The molecule has 0 bridgehead atoms. The number of hydrogen-bond donors (Lipinski definition) is 2. The molecule has 4 nitrogen and oxygen atoms in total. The van der Waals surface area contributed by atoms with Gasteiger partial charge in [0.25, 0.3) is 5.24 Å². The molecule has 0 saturated heterocycles. The van der Waals surface area contributed by atoms with Crippen LogP contribution in [-0.4, -0.2) is 22.7 Å². The van der Waals surface area contributed by atoms with Crippen molar-refractivity contribution in [3.8, 4) is 0 Å². The molecule has 0 aromatic heterocycles. The Labute approximate surface area is 117 Å². The van der Waals surface area contributed by atoms with Gasteiger partial charge in [0.15, 0.2) is 0 Å². The zero-order valence-corrected chi connectivity index (χ0v) is 11.7. The minimum atomic E-state index is -0.0762. The number of benzene rings is 1. The predicted octanol–water partition coefficient (Wildman–Crippen LogP) is 2.98. The summed E-state index contributed by atoms with van der Waals surface area (Å²) in [6.45, 7) is 3.07. The van der Waals surface area contributed by atoms with Crippen LogP contribution in [0.15, 0.2) is 23.3 Å². The molecule has 0 fully saturated rings. The van der Waals surface area contributed by atoms with Gasteiger partial charge in [-0.1, -0.05) is 17.8 Å². The number of anilines is 1. The molecule has 0 radical (unpaired) electrons. The number of hydrazone groups is 1. The molecular formula is C14H17N3OS. The number of carbonyl (C=O) groups is 1. The Morgan fingerprint density at radius 1 is 1.37 bits per heavy atom. The summed E-state index contributed by atoms with van der Waals surface area (Å²) in [5.41, 5.74) is 7.21. The molecule has 1 unspecified atom stereocenters. The van der Waals surface area contributed by atoms with Gasteiger partial charge in [-0.15, -0.1) is 0 Å². The van der Waals surface area contributed by atoms with Gasteiger partial charge < -0.3 is 5.32 Å². The normalized spacial score (nSPS) is 22.7. The summed E-state index contributed by atoms with van der Waals surface area (Å²) in [6.07, 6.45) is 3.54. The maximum absolute atomic E-state index is 11.3. The van der Waals surface area contributed by atoms with Crippen LogP contribution in [0.4, 0.5) is 10.5 Å². The fourth-order valence-corrected chi connectivity index (χ4v) is 3.25. The van der Waals surface area contributed by atoms with Gasteiger partial charge in [0.05, 0.1) is 11.0 Å². The summed E-state index contributed by atoms with van der Waals surface area (Å²) in [7, 11) is 0. The Morgan fingerprint density at radius 2 is 2.26 bits per heavy atom.